The number of carbonyl (C=O) groups excluding carboxylic acids is 1. The van der Waals surface area contributed by atoms with Crippen LogP contribution in [0.4, 0.5) is 0 Å². The third kappa shape index (κ3) is 3.41. The molecule has 1 aliphatic heterocycles. The summed E-state index contributed by atoms with van der Waals surface area (Å²) in [6.07, 6.45) is 5.36. The minimum absolute atomic E-state index is 0. The number of ether oxygens (including phenoxy) is 1. The van der Waals surface area contributed by atoms with Gasteiger partial charge in [-0.1, -0.05) is 0 Å². The molecule has 5 nitrogen and oxygen atoms in total. The Bertz CT molecular complexity index is 459. The van der Waals surface area contributed by atoms with Gasteiger partial charge in [-0.3, -0.25) is 4.79 Å². The van der Waals surface area contributed by atoms with Crippen LogP contribution in [0.5, 0.6) is 5.88 Å². The van der Waals surface area contributed by atoms with Crippen molar-refractivity contribution in [1.29, 1.82) is 0 Å². The van der Waals surface area contributed by atoms with Gasteiger partial charge in [0.25, 0.3) is 5.91 Å². The molecule has 3 rings (SSSR count). The summed E-state index contributed by atoms with van der Waals surface area (Å²) >= 11 is 0. The van der Waals surface area contributed by atoms with E-state index < -0.39 is 0 Å². The van der Waals surface area contributed by atoms with Gasteiger partial charge >= 0.3 is 0 Å². The number of nitrogens with zero attached hydrogens (tertiary/aromatic N) is 2. The smallest absolute Gasteiger partial charge is 0.254 e. The second kappa shape index (κ2) is 6.90. The minimum atomic E-state index is 0. The molecule has 0 aromatic carbocycles. The zero-order chi connectivity index (χ0) is 13.1. The van der Waals surface area contributed by atoms with Gasteiger partial charge in [-0.15, -0.1) is 12.4 Å². The van der Waals surface area contributed by atoms with E-state index in [1.54, 1.807) is 18.3 Å². The summed E-state index contributed by atoms with van der Waals surface area (Å²) < 4.78 is 5.73. The molecule has 110 valence electrons. The number of carbonyl (C=O) groups is 1. The highest BCUT2D eigenvalue weighted by Gasteiger charge is 2.21. The lowest BCUT2D eigenvalue weighted by atomic mass is 9.96. The van der Waals surface area contributed by atoms with E-state index in [-0.39, 0.29) is 24.4 Å². The number of hydrogen-bond donors (Lipinski definition) is 1. The van der Waals surface area contributed by atoms with Crippen LogP contribution in [-0.4, -0.2) is 48.1 Å². The fraction of sp³-hybridized carbons (Fsp3) is 0.571. The molecule has 1 saturated heterocycles. The maximum Gasteiger partial charge on any atom is 0.254 e. The van der Waals surface area contributed by atoms with E-state index in [2.05, 4.69) is 10.3 Å². The van der Waals surface area contributed by atoms with Crippen LogP contribution in [0.1, 0.15) is 29.6 Å². The Morgan fingerprint density at radius 1 is 1.35 bits per heavy atom. The van der Waals surface area contributed by atoms with Crippen LogP contribution in [-0.2, 0) is 0 Å². The van der Waals surface area contributed by atoms with Crippen molar-refractivity contribution in [1.82, 2.24) is 15.2 Å². The van der Waals surface area contributed by atoms with Crippen LogP contribution in [0.25, 0.3) is 0 Å². The van der Waals surface area contributed by atoms with Gasteiger partial charge in [-0.25, -0.2) is 4.98 Å². The lowest BCUT2D eigenvalue weighted by molar-refractivity contribution is 0.0733. The Kier molecular flexibility index (Phi) is 5.20. The van der Waals surface area contributed by atoms with Crippen LogP contribution in [0.2, 0.25) is 0 Å². The van der Waals surface area contributed by atoms with Crippen molar-refractivity contribution < 1.29 is 9.53 Å². The average Bonchev–Trinajstić information content (AvgIpc) is 2.43. The van der Waals surface area contributed by atoms with Gasteiger partial charge in [0.15, 0.2) is 0 Å². The number of pyridine rings is 1. The molecule has 1 aromatic rings. The molecule has 2 fully saturated rings. The number of aromatic nitrogens is 1. The summed E-state index contributed by atoms with van der Waals surface area (Å²) in [5, 5.41) is 3.24. The first kappa shape index (κ1) is 15.1. The predicted octanol–water partition coefficient (Wildman–Crippen LogP) is 1.48. The molecule has 1 saturated carbocycles. The molecule has 0 bridgehead atoms. The summed E-state index contributed by atoms with van der Waals surface area (Å²) in [6.45, 7) is 3.25. The highest BCUT2D eigenvalue weighted by Crippen LogP contribution is 2.24. The Labute approximate surface area is 125 Å². The van der Waals surface area contributed by atoms with Crippen molar-refractivity contribution in [2.24, 2.45) is 0 Å². The third-order valence-corrected chi connectivity index (χ3v) is 3.73. The van der Waals surface area contributed by atoms with Gasteiger partial charge in [0.1, 0.15) is 6.10 Å². The van der Waals surface area contributed by atoms with E-state index >= 15 is 0 Å². The number of hydrogen-bond acceptors (Lipinski definition) is 4. The molecular weight excluding hydrogens is 278 g/mol. The monoisotopic (exact) mass is 297 g/mol. The topological polar surface area (TPSA) is 54.5 Å². The zero-order valence-corrected chi connectivity index (χ0v) is 12.2. The summed E-state index contributed by atoms with van der Waals surface area (Å²) in [4.78, 5) is 18.4. The second-order valence-electron chi connectivity index (χ2n) is 5.10. The van der Waals surface area contributed by atoms with Gasteiger partial charge in [0.2, 0.25) is 5.88 Å². The molecule has 1 amide bonds. The molecular formula is C14H20ClN3O2. The van der Waals surface area contributed by atoms with Crippen LogP contribution in [0.15, 0.2) is 18.3 Å². The second-order valence-corrected chi connectivity index (χ2v) is 5.10. The predicted molar refractivity (Wildman–Crippen MR) is 78.5 cm³/mol. The molecule has 20 heavy (non-hydrogen) atoms. The molecule has 6 heteroatoms. The highest BCUT2D eigenvalue weighted by atomic mass is 35.5. The number of nitrogens with one attached hydrogen (secondary N) is 1. The average molecular weight is 298 g/mol. The fourth-order valence-electron chi connectivity index (χ4n) is 2.32. The molecule has 1 aliphatic carbocycles. The van der Waals surface area contributed by atoms with E-state index in [1.807, 2.05) is 4.90 Å². The Hall–Kier alpha value is -1.33. The molecule has 1 aromatic heterocycles. The van der Waals surface area contributed by atoms with Gasteiger partial charge in [0, 0.05) is 44.0 Å². The van der Waals surface area contributed by atoms with E-state index in [0.717, 1.165) is 39.0 Å². The quantitative estimate of drug-likeness (QED) is 0.918. The summed E-state index contributed by atoms with van der Waals surface area (Å²) in [5.41, 5.74) is 0.672. The number of halogens is 1. The van der Waals surface area contributed by atoms with Crippen LogP contribution in [0.3, 0.4) is 0 Å². The highest BCUT2D eigenvalue weighted by molar-refractivity contribution is 5.94. The van der Waals surface area contributed by atoms with E-state index in [9.17, 15) is 4.79 Å². The number of piperazine rings is 1. The molecule has 1 N–H and O–H groups in total. The van der Waals surface area contributed by atoms with Crippen molar-refractivity contribution in [2.75, 3.05) is 26.2 Å². The van der Waals surface area contributed by atoms with Crippen molar-refractivity contribution in [3.63, 3.8) is 0 Å². The number of rotatable bonds is 3. The first-order chi connectivity index (χ1) is 9.33. The SMILES string of the molecule is Cl.O=C(c1ccnc(OC2CCC2)c1)N1CCNCC1. The molecule has 2 heterocycles. The largest absolute Gasteiger partial charge is 0.474 e. The van der Waals surface area contributed by atoms with Crippen molar-refractivity contribution in [3.05, 3.63) is 23.9 Å². The van der Waals surface area contributed by atoms with Crippen molar-refractivity contribution >= 4 is 18.3 Å². The van der Waals surface area contributed by atoms with E-state index in [0.29, 0.717) is 11.4 Å². The minimum Gasteiger partial charge on any atom is -0.474 e. The summed E-state index contributed by atoms with van der Waals surface area (Å²) in [6, 6.07) is 3.53. The first-order valence-corrected chi connectivity index (χ1v) is 6.95. The summed E-state index contributed by atoms with van der Waals surface area (Å²) in [5.74, 6) is 0.646. The van der Waals surface area contributed by atoms with E-state index in [1.165, 1.54) is 6.42 Å². The maximum absolute atomic E-state index is 12.3. The van der Waals surface area contributed by atoms with Gasteiger partial charge in [-0.05, 0) is 25.3 Å². The van der Waals surface area contributed by atoms with Crippen LogP contribution >= 0.6 is 12.4 Å². The Balaban J connectivity index is 0.00000147. The molecule has 0 unspecified atom stereocenters. The van der Waals surface area contributed by atoms with Gasteiger partial charge < -0.3 is 15.0 Å². The Morgan fingerprint density at radius 3 is 2.75 bits per heavy atom. The lowest BCUT2D eigenvalue weighted by Gasteiger charge is -2.28. The van der Waals surface area contributed by atoms with Crippen LogP contribution < -0.4 is 10.1 Å². The number of amides is 1. The van der Waals surface area contributed by atoms with E-state index in [4.69, 9.17) is 4.74 Å². The normalized spacial score (nSPS) is 18.9. The molecule has 0 radical (unpaired) electrons. The van der Waals surface area contributed by atoms with Gasteiger partial charge in [-0.2, -0.15) is 0 Å². The standard InChI is InChI=1S/C14H19N3O2.ClH/c18-14(17-8-6-15-7-9-17)11-4-5-16-13(10-11)19-12-2-1-3-12;/h4-5,10,12,15H,1-3,6-9H2;1H. The lowest BCUT2D eigenvalue weighted by Crippen LogP contribution is -2.46. The first-order valence-electron chi connectivity index (χ1n) is 6.95. The maximum atomic E-state index is 12.3. The van der Waals surface area contributed by atoms with Gasteiger partial charge in [0.05, 0.1) is 0 Å². The third-order valence-electron chi connectivity index (χ3n) is 3.73. The van der Waals surface area contributed by atoms with Crippen molar-refractivity contribution in [2.45, 2.75) is 25.4 Å². The molecule has 2 aliphatic rings. The molecule has 0 atom stereocenters. The molecule has 0 spiro atoms. The Morgan fingerprint density at radius 2 is 2.10 bits per heavy atom. The van der Waals surface area contributed by atoms with Crippen molar-refractivity contribution in [3.8, 4) is 5.88 Å². The zero-order valence-electron chi connectivity index (χ0n) is 11.4. The summed E-state index contributed by atoms with van der Waals surface area (Å²) in [7, 11) is 0. The van der Waals surface area contributed by atoms with Crippen LogP contribution in [0, 0.1) is 0 Å². The fourth-order valence-corrected chi connectivity index (χ4v) is 2.32.